The van der Waals surface area contributed by atoms with E-state index in [0.717, 1.165) is 22.5 Å². The molecule has 0 fully saturated rings. The van der Waals surface area contributed by atoms with Gasteiger partial charge in [-0.2, -0.15) is 13.2 Å². The second-order valence-electron chi connectivity index (χ2n) is 4.23. The molecule has 0 saturated carbocycles. The molecule has 0 aliphatic heterocycles. The van der Waals surface area contributed by atoms with E-state index >= 15 is 0 Å². The van der Waals surface area contributed by atoms with Crippen LogP contribution in [0.15, 0.2) is 53.6 Å². The number of carbonyl (C=O) groups is 1. The number of rotatable bonds is 4. The van der Waals surface area contributed by atoms with Crippen LogP contribution in [0.3, 0.4) is 0 Å². The standard InChI is InChI=1S/C15H12F3NOS/c1-21-14(9-13(20)15(16,17)18)19-12-8-4-6-10-5-2-3-7-11(10)12/h2-9,19H,1H3/b14-9-. The molecule has 0 aliphatic carbocycles. The Bertz CT molecular complexity index is 689. The fourth-order valence-corrected chi connectivity index (χ4v) is 2.25. The molecule has 2 nitrogen and oxygen atoms in total. The summed E-state index contributed by atoms with van der Waals surface area (Å²) in [7, 11) is 0. The van der Waals surface area contributed by atoms with Gasteiger partial charge in [-0.1, -0.05) is 36.4 Å². The quantitative estimate of drug-likeness (QED) is 0.838. The van der Waals surface area contributed by atoms with E-state index in [1.165, 1.54) is 0 Å². The van der Waals surface area contributed by atoms with E-state index < -0.39 is 12.0 Å². The fourth-order valence-electron chi connectivity index (χ4n) is 1.81. The Labute approximate surface area is 124 Å². The molecule has 0 unspecified atom stereocenters. The van der Waals surface area contributed by atoms with Crippen LogP contribution < -0.4 is 5.32 Å². The highest BCUT2D eigenvalue weighted by Gasteiger charge is 2.36. The highest BCUT2D eigenvalue weighted by molar-refractivity contribution is 8.02. The molecular weight excluding hydrogens is 299 g/mol. The minimum Gasteiger partial charge on any atom is -0.350 e. The van der Waals surface area contributed by atoms with Crippen molar-refractivity contribution in [2.24, 2.45) is 0 Å². The lowest BCUT2D eigenvalue weighted by Gasteiger charge is -2.12. The summed E-state index contributed by atoms with van der Waals surface area (Å²) in [5.74, 6) is -1.88. The minimum absolute atomic E-state index is 0.147. The summed E-state index contributed by atoms with van der Waals surface area (Å²) in [4.78, 5) is 11.0. The van der Waals surface area contributed by atoms with E-state index in [1.54, 1.807) is 18.4 Å². The predicted octanol–water partition coefficient (Wildman–Crippen LogP) is 4.59. The van der Waals surface area contributed by atoms with Gasteiger partial charge in [0.1, 0.15) is 0 Å². The first-order valence-electron chi connectivity index (χ1n) is 6.03. The van der Waals surface area contributed by atoms with Crippen molar-refractivity contribution >= 4 is 34.0 Å². The topological polar surface area (TPSA) is 29.1 Å². The third-order valence-electron chi connectivity index (χ3n) is 2.81. The average molecular weight is 311 g/mol. The number of allylic oxidation sites excluding steroid dienone is 1. The second kappa shape index (κ2) is 6.22. The van der Waals surface area contributed by atoms with Crippen molar-refractivity contribution in [1.29, 1.82) is 0 Å². The SMILES string of the molecule is CS/C(=C\C(=O)C(F)(F)F)Nc1cccc2ccccc12. The van der Waals surface area contributed by atoms with Gasteiger partial charge in [0.25, 0.3) is 5.78 Å². The Morgan fingerprint density at radius 1 is 1.14 bits per heavy atom. The van der Waals surface area contributed by atoms with Crippen LogP contribution in [0.4, 0.5) is 18.9 Å². The zero-order valence-corrected chi connectivity index (χ0v) is 11.9. The molecule has 21 heavy (non-hydrogen) atoms. The van der Waals surface area contributed by atoms with Gasteiger partial charge < -0.3 is 5.32 Å². The van der Waals surface area contributed by atoms with E-state index in [1.807, 2.05) is 30.3 Å². The number of ketones is 1. The van der Waals surface area contributed by atoms with E-state index in [4.69, 9.17) is 0 Å². The van der Waals surface area contributed by atoms with Crippen LogP contribution in [0.1, 0.15) is 0 Å². The van der Waals surface area contributed by atoms with Crippen LogP contribution in [0.25, 0.3) is 10.8 Å². The zero-order chi connectivity index (χ0) is 15.5. The number of fused-ring (bicyclic) bond motifs is 1. The van der Waals surface area contributed by atoms with E-state index in [0.29, 0.717) is 11.8 Å². The van der Waals surface area contributed by atoms with Crippen LogP contribution in [-0.4, -0.2) is 18.2 Å². The van der Waals surface area contributed by atoms with Crippen molar-refractivity contribution in [1.82, 2.24) is 0 Å². The number of carbonyl (C=O) groups excluding carboxylic acids is 1. The molecule has 0 aliphatic rings. The minimum atomic E-state index is -4.86. The van der Waals surface area contributed by atoms with Crippen LogP contribution >= 0.6 is 11.8 Å². The van der Waals surface area contributed by atoms with Gasteiger partial charge in [0, 0.05) is 17.1 Å². The smallest absolute Gasteiger partial charge is 0.350 e. The van der Waals surface area contributed by atoms with Crippen molar-refractivity contribution in [2.45, 2.75) is 6.18 Å². The maximum absolute atomic E-state index is 12.3. The Balaban J connectivity index is 2.34. The maximum Gasteiger partial charge on any atom is 0.454 e. The number of halogens is 3. The summed E-state index contributed by atoms with van der Waals surface area (Å²) in [6.45, 7) is 0. The fraction of sp³-hybridized carbons (Fsp3) is 0.133. The van der Waals surface area contributed by atoms with Gasteiger partial charge >= 0.3 is 6.18 Å². The molecule has 1 N–H and O–H groups in total. The molecule has 110 valence electrons. The third kappa shape index (κ3) is 3.78. The monoisotopic (exact) mass is 311 g/mol. The molecule has 2 aromatic rings. The van der Waals surface area contributed by atoms with E-state index in [9.17, 15) is 18.0 Å². The number of alkyl halides is 3. The number of anilines is 1. The molecule has 0 radical (unpaired) electrons. The molecule has 0 amide bonds. The lowest BCUT2D eigenvalue weighted by atomic mass is 10.1. The van der Waals surface area contributed by atoms with Crippen molar-refractivity contribution in [3.63, 3.8) is 0 Å². The van der Waals surface area contributed by atoms with Gasteiger partial charge in [0.15, 0.2) is 0 Å². The van der Waals surface area contributed by atoms with Crippen LogP contribution in [0, 0.1) is 0 Å². The van der Waals surface area contributed by atoms with Crippen molar-refractivity contribution in [3.8, 4) is 0 Å². The molecule has 0 bridgehead atoms. The number of hydrogen-bond acceptors (Lipinski definition) is 3. The second-order valence-corrected chi connectivity index (χ2v) is 5.07. The summed E-state index contributed by atoms with van der Waals surface area (Å²) < 4.78 is 36.9. The lowest BCUT2D eigenvalue weighted by molar-refractivity contribution is -0.165. The number of benzene rings is 2. The molecule has 0 saturated heterocycles. The third-order valence-corrected chi connectivity index (χ3v) is 3.47. The van der Waals surface area contributed by atoms with Crippen molar-refractivity contribution in [2.75, 3.05) is 11.6 Å². The zero-order valence-electron chi connectivity index (χ0n) is 11.1. The molecular formula is C15H12F3NOS. The Hall–Kier alpha value is -1.95. The summed E-state index contributed by atoms with van der Waals surface area (Å²) >= 11 is 1.05. The highest BCUT2D eigenvalue weighted by Crippen LogP contribution is 2.27. The largest absolute Gasteiger partial charge is 0.454 e. The van der Waals surface area contributed by atoms with Gasteiger partial charge in [-0.25, -0.2) is 0 Å². The number of thioether (sulfide) groups is 1. The highest BCUT2D eigenvalue weighted by atomic mass is 32.2. The predicted molar refractivity (Wildman–Crippen MR) is 80.2 cm³/mol. The summed E-state index contributed by atoms with van der Waals surface area (Å²) in [6, 6.07) is 13.0. The Morgan fingerprint density at radius 3 is 2.48 bits per heavy atom. The first kappa shape index (κ1) is 15.4. The molecule has 0 spiro atoms. The first-order valence-corrected chi connectivity index (χ1v) is 7.26. The first-order chi connectivity index (χ1) is 9.91. The molecule has 2 rings (SSSR count). The Kier molecular flexibility index (Phi) is 4.57. The molecule has 0 heterocycles. The van der Waals surface area contributed by atoms with E-state index in [-0.39, 0.29) is 5.03 Å². The summed E-state index contributed by atoms with van der Waals surface area (Å²) in [5.41, 5.74) is 0.656. The summed E-state index contributed by atoms with van der Waals surface area (Å²) in [6.07, 6.45) is -2.68. The lowest BCUT2D eigenvalue weighted by Crippen LogP contribution is -2.21. The Morgan fingerprint density at radius 2 is 1.81 bits per heavy atom. The normalized spacial score (nSPS) is 12.5. The van der Waals surface area contributed by atoms with Crippen molar-refractivity contribution < 1.29 is 18.0 Å². The number of hydrogen-bond donors (Lipinski definition) is 1. The molecule has 0 aromatic heterocycles. The molecule has 6 heteroatoms. The van der Waals surface area contributed by atoms with Gasteiger partial charge in [-0.3, -0.25) is 4.79 Å². The average Bonchev–Trinajstić information content (AvgIpc) is 2.45. The molecule has 0 atom stereocenters. The van der Waals surface area contributed by atoms with Crippen LogP contribution in [0.5, 0.6) is 0 Å². The van der Waals surface area contributed by atoms with E-state index in [2.05, 4.69) is 5.32 Å². The van der Waals surface area contributed by atoms with Gasteiger partial charge in [-0.05, 0) is 17.7 Å². The van der Waals surface area contributed by atoms with Gasteiger partial charge in [0.05, 0.1) is 5.03 Å². The maximum atomic E-state index is 12.3. The van der Waals surface area contributed by atoms with Crippen LogP contribution in [-0.2, 0) is 4.79 Å². The number of nitrogens with one attached hydrogen (secondary N) is 1. The summed E-state index contributed by atoms with van der Waals surface area (Å²) in [5, 5.41) is 4.86. The van der Waals surface area contributed by atoms with Crippen molar-refractivity contribution in [3.05, 3.63) is 53.6 Å². The van der Waals surface area contributed by atoms with Gasteiger partial charge in [-0.15, -0.1) is 11.8 Å². The molecule has 2 aromatic carbocycles. The van der Waals surface area contributed by atoms with Crippen LogP contribution in [0.2, 0.25) is 0 Å². The van der Waals surface area contributed by atoms with Gasteiger partial charge in [0.2, 0.25) is 0 Å².